The van der Waals surface area contributed by atoms with Crippen LogP contribution in [0.3, 0.4) is 0 Å². The minimum Gasteiger partial charge on any atom is -0.369 e. The summed E-state index contributed by atoms with van der Waals surface area (Å²) in [5.41, 5.74) is -0.131. The Balaban J connectivity index is 1.78. The van der Waals surface area contributed by atoms with Crippen LogP contribution in [0.5, 0.6) is 0 Å². The molecule has 116 valence electrons. The number of hydrogen-bond acceptors (Lipinski definition) is 5. The monoisotopic (exact) mass is 290 g/mol. The second-order valence-electron chi connectivity index (χ2n) is 6.85. The normalized spacial score (nSPS) is 26.0. The Morgan fingerprint density at radius 1 is 1.10 bits per heavy atom. The highest BCUT2D eigenvalue weighted by Gasteiger charge is 2.32. The Bertz CT molecular complexity index is 485. The summed E-state index contributed by atoms with van der Waals surface area (Å²) in [5, 5.41) is 0. The molecule has 1 aromatic rings. The predicted octanol–water partition coefficient (Wildman–Crippen LogP) is 2.47. The SMILES string of the molecule is CC1CN(c2cc(N3CCCCC3)ncn2)CC(C)(C)O1. The van der Waals surface area contributed by atoms with E-state index in [-0.39, 0.29) is 11.7 Å². The average molecular weight is 290 g/mol. The highest BCUT2D eigenvalue weighted by atomic mass is 16.5. The lowest BCUT2D eigenvalue weighted by molar-refractivity contribution is -0.0751. The Morgan fingerprint density at radius 2 is 1.76 bits per heavy atom. The smallest absolute Gasteiger partial charge is 0.134 e. The molecule has 0 saturated carbocycles. The lowest BCUT2D eigenvalue weighted by atomic mass is 10.1. The number of anilines is 2. The lowest BCUT2D eigenvalue weighted by Crippen LogP contribution is -2.52. The fourth-order valence-corrected chi connectivity index (χ4v) is 3.43. The maximum atomic E-state index is 5.98. The molecule has 2 aliphatic rings. The second-order valence-corrected chi connectivity index (χ2v) is 6.85. The Kier molecular flexibility index (Phi) is 4.02. The molecule has 5 heteroatoms. The minimum atomic E-state index is -0.131. The van der Waals surface area contributed by atoms with Crippen molar-refractivity contribution in [3.05, 3.63) is 12.4 Å². The van der Waals surface area contributed by atoms with E-state index in [1.807, 2.05) is 0 Å². The predicted molar refractivity (Wildman–Crippen MR) is 84.9 cm³/mol. The van der Waals surface area contributed by atoms with Gasteiger partial charge in [-0.05, 0) is 40.0 Å². The maximum absolute atomic E-state index is 5.98. The van der Waals surface area contributed by atoms with E-state index < -0.39 is 0 Å². The molecule has 2 saturated heterocycles. The van der Waals surface area contributed by atoms with Gasteiger partial charge in [-0.3, -0.25) is 0 Å². The minimum absolute atomic E-state index is 0.131. The molecule has 1 atom stereocenters. The van der Waals surface area contributed by atoms with Gasteiger partial charge in [0.2, 0.25) is 0 Å². The van der Waals surface area contributed by atoms with Crippen molar-refractivity contribution in [2.45, 2.75) is 51.7 Å². The van der Waals surface area contributed by atoms with Crippen molar-refractivity contribution in [3.8, 4) is 0 Å². The lowest BCUT2D eigenvalue weighted by Gasteiger charge is -2.42. The van der Waals surface area contributed by atoms with Crippen LogP contribution in [0, 0.1) is 0 Å². The Morgan fingerprint density at radius 3 is 2.43 bits per heavy atom. The van der Waals surface area contributed by atoms with Crippen LogP contribution in [-0.2, 0) is 4.74 Å². The molecule has 3 rings (SSSR count). The van der Waals surface area contributed by atoms with Crippen LogP contribution >= 0.6 is 0 Å². The van der Waals surface area contributed by atoms with E-state index in [1.54, 1.807) is 6.33 Å². The standard InChI is InChI=1S/C16H26N4O/c1-13-10-20(11-16(2,3)21-13)15-9-14(17-12-18-15)19-7-5-4-6-8-19/h9,12-13H,4-8,10-11H2,1-3H3. The van der Waals surface area contributed by atoms with Crippen LogP contribution in [0.4, 0.5) is 11.6 Å². The number of piperidine rings is 1. The van der Waals surface area contributed by atoms with Crippen LogP contribution in [-0.4, -0.2) is 47.9 Å². The van der Waals surface area contributed by atoms with Gasteiger partial charge in [-0.25, -0.2) is 9.97 Å². The van der Waals surface area contributed by atoms with Gasteiger partial charge < -0.3 is 14.5 Å². The number of aromatic nitrogens is 2. The number of ether oxygens (including phenoxy) is 1. The van der Waals surface area contributed by atoms with Crippen LogP contribution in [0.25, 0.3) is 0 Å². The molecule has 3 heterocycles. The van der Waals surface area contributed by atoms with E-state index >= 15 is 0 Å². The Labute approximate surface area is 127 Å². The summed E-state index contributed by atoms with van der Waals surface area (Å²) >= 11 is 0. The third-order valence-corrected chi connectivity index (χ3v) is 4.21. The van der Waals surface area contributed by atoms with Gasteiger partial charge in [0.25, 0.3) is 0 Å². The van der Waals surface area contributed by atoms with Crippen LogP contribution in [0.1, 0.15) is 40.0 Å². The zero-order chi connectivity index (χ0) is 14.9. The van der Waals surface area contributed by atoms with Crippen molar-refractivity contribution in [2.75, 3.05) is 36.0 Å². The molecule has 5 nitrogen and oxygen atoms in total. The summed E-state index contributed by atoms with van der Waals surface area (Å²) in [6.07, 6.45) is 5.79. The first kappa shape index (κ1) is 14.6. The first-order valence-electron chi connectivity index (χ1n) is 8.03. The van der Waals surface area contributed by atoms with Gasteiger partial charge in [0.15, 0.2) is 0 Å². The van der Waals surface area contributed by atoms with Crippen LogP contribution in [0.2, 0.25) is 0 Å². The molecule has 2 aliphatic heterocycles. The van der Waals surface area contributed by atoms with Crippen molar-refractivity contribution in [1.29, 1.82) is 0 Å². The molecule has 0 aliphatic carbocycles. The van der Waals surface area contributed by atoms with E-state index in [2.05, 4.69) is 46.6 Å². The van der Waals surface area contributed by atoms with Gasteiger partial charge in [0.1, 0.15) is 18.0 Å². The molecule has 0 amide bonds. The molecular formula is C16H26N4O. The molecule has 0 spiro atoms. The number of morpholine rings is 1. The summed E-state index contributed by atoms with van der Waals surface area (Å²) in [7, 11) is 0. The van der Waals surface area contributed by atoms with E-state index in [0.29, 0.717) is 0 Å². The largest absolute Gasteiger partial charge is 0.369 e. The van der Waals surface area contributed by atoms with Crippen molar-refractivity contribution >= 4 is 11.6 Å². The number of rotatable bonds is 2. The van der Waals surface area contributed by atoms with Gasteiger partial charge in [0, 0.05) is 32.2 Å². The summed E-state index contributed by atoms with van der Waals surface area (Å²) in [6.45, 7) is 10.4. The molecular weight excluding hydrogens is 264 g/mol. The van der Waals surface area contributed by atoms with Crippen LogP contribution < -0.4 is 9.80 Å². The molecule has 0 radical (unpaired) electrons. The molecule has 0 bridgehead atoms. The van der Waals surface area contributed by atoms with Crippen LogP contribution in [0.15, 0.2) is 12.4 Å². The summed E-state index contributed by atoms with van der Waals surface area (Å²) in [5.74, 6) is 2.09. The third-order valence-electron chi connectivity index (χ3n) is 4.21. The first-order valence-corrected chi connectivity index (χ1v) is 8.03. The molecule has 1 unspecified atom stereocenters. The van der Waals surface area contributed by atoms with Gasteiger partial charge in [0.05, 0.1) is 11.7 Å². The zero-order valence-electron chi connectivity index (χ0n) is 13.4. The highest BCUT2D eigenvalue weighted by Crippen LogP contribution is 2.27. The summed E-state index contributed by atoms with van der Waals surface area (Å²) in [6, 6.07) is 2.14. The van der Waals surface area contributed by atoms with Gasteiger partial charge in [-0.2, -0.15) is 0 Å². The van der Waals surface area contributed by atoms with Crippen molar-refractivity contribution in [3.63, 3.8) is 0 Å². The van der Waals surface area contributed by atoms with E-state index in [0.717, 1.165) is 37.8 Å². The third kappa shape index (κ3) is 3.46. The molecule has 2 fully saturated rings. The van der Waals surface area contributed by atoms with E-state index in [4.69, 9.17) is 4.74 Å². The quantitative estimate of drug-likeness (QED) is 0.837. The van der Waals surface area contributed by atoms with Gasteiger partial charge in [-0.15, -0.1) is 0 Å². The molecule has 0 aromatic carbocycles. The fraction of sp³-hybridized carbons (Fsp3) is 0.750. The van der Waals surface area contributed by atoms with Gasteiger partial charge in [-0.1, -0.05) is 0 Å². The second kappa shape index (κ2) is 5.79. The molecule has 0 N–H and O–H groups in total. The first-order chi connectivity index (χ1) is 10.0. The Hall–Kier alpha value is -1.36. The van der Waals surface area contributed by atoms with Crippen molar-refractivity contribution in [2.24, 2.45) is 0 Å². The summed E-state index contributed by atoms with van der Waals surface area (Å²) < 4.78 is 5.98. The maximum Gasteiger partial charge on any atom is 0.134 e. The zero-order valence-corrected chi connectivity index (χ0v) is 13.4. The van der Waals surface area contributed by atoms with Crippen molar-refractivity contribution in [1.82, 2.24) is 9.97 Å². The topological polar surface area (TPSA) is 41.5 Å². The fourth-order valence-electron chi connectivity index (χ4n) is 3.43. The summed E-state index contributed by atoms with van der Waals surface area (Å²) in [4.78, 5) is 13.7. The number of nitrogens with zero attached hydrogens (tertiary/aromatic N) is 4. The van der Waals surface area contributed by atoms with E-state index in [1.165, 1.54) is 19.3 Å². The van der Waals surface area contributed by atoms with Gasteiger partial charge >= 0.3 is 0 Å². The van der Waals surface area contributed by atoms with Crippen molar-refractivity contribution < 1.29 is 4.74 Å². The van der Waals surface area contributed by atoms with E-state index in [9.17, 15) is 0 Å². The average Bonchev–Trinajstić information content (AvgIpc) is 2.46. The number of hydrogen-bond donors (Lipinski definition) is 0. The highest BCUT2D eigenvalue weighted by molar-refractivity contribution is 5.50. The molecule has 21 heavy (non-hydrogen) atoms. The molecule has 1 aromatic heterocycles.